The van der Waals surface area contributed by atoms with Gasteiger partial charge in [0.25, 0.3) is 0 Å². The average Bonchev–Trinajstić information content (AvgIpc) is 2.16. The molecule has 1 aliphatic carbocycles. The van der Waals surface area contributed by atoms with E-state index in [9.17, 15) is 0 Å². The molecule has 0 aromatic carbocycles. The molecule has 0 radical (unpaired) electrons. The van der Waals surface area contributed by atoms with Gasteiger partial charge in [-0.15, -0.1) is 0 Å². The van der Waals surface area contributed by atoms with Crippen LogP contribution >= 0.6 is 0 Å². The molecule has 0 atom stereocenters. The Balaban J connectivity index is 2.37. The lowest BCUT2D eigenvalue weighted by molar-refractivity contribution is -0.228. The van der Waals surface area contributed by atoms with Gasteiger partial charge in [-0.05, 0) is 12.8 Å². The summed E-state index contributed by atoms with van der Waals surface area (Å²) in [5.74, 6) is -0.193. The Kier molecular flexibility index (Phi) is 4.25. The summed E-state index contributed by atoms with van der Waals surface area (Å²) in [5.41, 5.74) is 0. The maximum Gasteiger partial charge on any atom is 0.167 e. The van der Waals surface area contributed by atoms with E-state index in [1.807, 2.05) is 0 Å². The summed E-state index contributed by atoms with van der Waals surface area (Å²) in [6, 6.07) is 0. The monoisotopic (exact) mass is 188 g/mol. The third kappa shape index (κ3) is 2.57. The van der Waals surface area contributed by atoms with E-state index >= 15 is 0 Å². The van der Waals surface area contributed by atoms with Crippen LogP contribution in [0.25, 0.3) is 0 Å². The smallest absolute Gasteiger partial charge is 0.167 e. The largest absolute Gasteiger partial charge is 0.354 e. The van der Waals surface area contributed by atoms with Crippen LogP contribution in [-0.2, 0) is 9.47 Å². The van der Waals surface area contributed by atoms with Crippen molar-refractivity contribution in [3.05, 3.63) is 0 Å². The van der Waals surface area contributed by atoms with Crippen molar-refractivity contribution in [2.45, 2.75) is 44.4 Å². The van der Waals surface area contributed by atoms with E-state index in [2.05, 4.69) is 6.55 Å². The van der Waals surface area contributed by atoms with Crippen molar-refractivity contribution in [2.75, 3.05) is 13.3 Å². The quantitative estimate of drug-likeness (QED) is 0.491. The Morgan fingerprint density at radius 1 is 1.25 bits per heavy atom. The molecule has 0 saturated heterocycles. The molecule has 0 aromatic rings. The molecule has 0 aromatic heterocycles. The lowest BCUT2D eigenvalue weighted by Crippen LogP contribution is -2.38. The molecule has 1 fully saturated rings. The molecule has 1 rings (SSSR count). The zero-order valence-electron chi connectivity index (χ0n) is 8.27. The second-order valence-electron chi connectivity index (χ2n) is 3.52. The van der Waals surface area contributed by atoms with Crippen LogP contribution in [-0.4, -0.2) is 28.6 Å². The molecular weight excluding hydrogens is 168 g/mol. The van der Waals surface area contributed by atoms with E-state index < -0.39 is 0 Å². The van der Waals surface area contributed by atoms with Gasteiger partial charge in [-0.1, -0.05) is 13.0 Å². The highest BCUT2D eigenvalue weighted by atomic mass is 28.2. The molecule has 12 heavy (non-hydrogen) atoms. The average molecular weight is 188 g/mol. The third-order valence-electron chi connectivity index (χ3n) is 2.56. The second-order valence-corrected chi connectivity index (χ2v) is 4.93. The molecule has 0 bridgehead atoms. The fraction of sp³-hybridized carbons (Fsp3) is 1.00. The van der Waals surface area contributed by atoms with Gasteiger partial charge < -0.3 is 9.47 Å². The molecule has 0 spiro atoms. The van der Waals surface area contributed by atoms with Crippen LogP contribution in [0.5, 0.6) is 0 Å². The minimum Gasteiger partial charge on any atom is -0.354 e. The van der Waals surface area contributed by atoms with Crippen molar-refractivity contribution in [3.63, 3.8) is 0 Å². The van der Waals surface area contributed by atoms with Gasteiger partial charge in [-0.25, -0.2) is 0 Å². The van der Waals surface area contributed by atoms with Crippen LogP contribution in [0.15, 0.2) is 0 Å². The van der Waals surface area contributed by atoms with Crippen LogP contribution in [0.4, 0.5) is 0 Å². The summed E-state index contributed by atoms with van der Waals surface area (Å²) in [6.07, 6.45) is 7.03. The van der Waals surface area contributed by atoms with Gasteiger partial charge in [-0.2, -0.15) is 0 Å². The van der Waals surface area contributed by atoms with Crippen LogP contribution in [0, 0.1) is 0 Å². The lowest BCUT2D eigenvalue weighted by Gasteiger charge is -2.35. The topological polar surface area (TPSA) is 18.5 Å². The first-order chi connectivity index (χ1) is 5.83. The van der Waals surface area contributed by atoms with E-state index in [1.54, 1.807) is 7.11 Å². The minimum absolute atomic E-state index is 0.0204. The van der Waals surface area contributed by atoms with E-state index in [1.165, 1.54) is 19.3 Å². The Hall–Kier alpha value is 0.137. The molecule has 2 nitrogen and oxygen atoms in total. The third-order valence-corrected chi connectivity index (χ3v) is 3.17. The summed E-state index contributed by atoms with van der Waals surface area (Å²) >= 11 is 0. The Morgan fingerprint density at radius 3 is 2.42 bits per heavy atom. The fourth-order valence-electron chi connectivity index (χ4n) is 1.79. The lowest BCUT2D eigenvalue weighted by atomic mass is 9.94. The maximum atomic E-state index is 5.81. The first-order valence-corrected chi connectivity index (χ1v) is 7.43. The molecule has 72 valence electrons. The number of hydrogen-bond donors (Lipinski definition) is 0. The number of rotatable bonds is 4. The van der Waals surface area contributed by atoms with E-state index in [0.717, 1.165) is 19.1 Å². The summed E-state index contributed by atoms with van der Waals surface area (Å²) in [7, 11) is 1.80. The number of ether oxygens (including phenoxy) is 2. The Labute approximate surface area is 77.5 Å². The van der Waals surface area contributed by atoms with Gasteiger partial charge in [0.2, 0.25) is 0 Å². The normalized spacial score (nSPS) is 23.5. The zero-order chi connectivity index (χ0) is 8.86. The van der Waals surface area contributed by atoms with Crippen LogP contribution in [0.1, 0.15) is 32.1 Å². The Morgan fingerprint density at radius 2 is 1.92 bits per heavy atom. The highest BCUT2D eigenvalue weighted by Gasteiger charge is 2.32. The molecule has 0 heterocycles. The van der Waals surface area contributed by atoms with E-state index in [-0.39, 0.29) is 15.3 Å². The summed E-state index contributed by atoms with van der Waals surface area (Å²) in [5, 5.41) is 0. The van der Waals surface area contributed by atoms with Gasteiger partial charge in [0.1, 0.15) is 0 Å². The van der Waals surface area contributed by atoms with E-state index in [4.69, 9.17) is 9.47 Å². The van der Waals surface area contributed by atoms with Crippen LogP contribution in [0.3, 0.4) is 0 Å². The SMILES string of the molecule is COC1(OC[SiH2]C)CCCCC1. The standard InChI is InChI=1S/C9H20O2Si/c1-10-9(11-8-12-2)6-4-3-5-7-9/h3-8,12H2,1-2H3. The van der Waals surface area contributed by atoms with Crippen molar-refractivity contribution in [1.82, 2.24) is 0 Å². The van der Waals surface area contributed by atoms with Crippen molar-refractivity contribution >= 4 is 9.52 Å². The summed E-state index contributed by atoms with van der Waals surface area (Å²) in [6.45, 7) is 2.27. The van der Waals surface area contributed by atoms with Crippen LogP contribution in [0.2, 0.25) is 6.55 Å². The number of hydrogen-bond acceptors (Lipinski definition) is 2. The van der Waals surface area contributed by atoms with Gasteiger partial charge in [0, 0.05) is 35.7 Å². The van der Waals surface area contributed by atoms with Gasteiger partial charge in [0.05, 0.1) is 0 Å². The van der Waals surface area contributed by atoms with Gasteiger partial charge >= 0.3 is 0 Å². The first-order valence-electron chi connectivity index (χ1n) is 5.02. The molecule has 0 N–H and O–H groups in total. The highest BCUT2D eigenvalue weighted by molar-refractivity contribution is 6.33. The van der Waals surface area contributed by atoms with Gasteiger partial charge in [0.15, 0.2) is 5.79 Å². The molecule has 0 amide bonds. The van der Waals surface area contributed by atoms with Crippen molar-refractivity contribution in [1.29, 1.82) is 0 Å². The van der Waals surface area contributed by atoms with Gasteiger partial charge in [-0.3, -0.25) is 0 Å². The minimum atomic E-state index is -0.193. The molecule has 0 aliphatic heterocycles. The molecule has 1 aliphatic rings. The van der Waals surface area contributed by atoms with Crippen LogP contribution < -0.4 is 0 Å². The second kappa shape index (κ2) is 4.99. The predicted octanol–water partition coefficient (Wildman–Crippen LogP) is 1.48. The van der Waals surface area contributed by atoms with E-state index in [0.29, 0.717) is 0 Å². The molecule has 1 saturated carbocycles. The molecule has 3 heteroatoms. The number of methoxy groups -OCH3 is 1. The first kappa shape index (κ1) is 10.2. The zero-order valence-corrected chi connectivity index (χ0v) is 9.68. The van der Waals surface area contributed by atoms with Crippen molar-refractivity contribution < 1.29 is 9.47 Å². The Bertz CT molecular complexity index is 122. The van der Waals surface area contributed by atoms with Crippen molar-refractivity contribution in [3.8, 4) is 0 Å². The summed E-state index contributed by atoms with van der Waals surface area (Å²) < 4.78 is 11.3. The summed E-state index contributed by atoms with van der Waals surface area (Å²) in [4.78, 5) is 0. The predicted molar refractivity (Wildman–Crippen MR) is 53.2 cm³/mol. The van der Waals surface area contributed by atoms with Crippen molar-refractivity contribution in [2.24, 2.45) is 0 Å². The molecular formula is C9H20O2Si. The fourth-order valence-corrected chi connectivity index (χ4v) is 2.36. The maximum absolute atomic E-state index is 5.81. The molecule has 0 unspecified atom stereocenters. The highest BCUT2D eigenvalue weighted by Crippen LogP contribution is 2.31.